The van der Waals surface area contributed by atoms with Gasteiger partial charge in [-0.1, -0.05) is 43.2 Å². The van der Waals surface area contributed by atoms with E-state index in [0.29, 0.717) is 18.0 Å². The molecule has 1 aromatic carbocycles. The number of hydrogen-bond acceptors (Lipinski definition) is 2. The van der Waals surface area contributed by atoms with Crippen molar-refractivity contribution in [2.24, 2.45) is 11.7 Å². The fraction of sp³-hybridized carbons (Fsp3) is 0.667. The molecule has 1 aromatic rings. The van der Waals surface area contributed by atoms with Gasteiger partial charge in [-0.15, -0.1) is 0 Å². The van der Waals surface area contributed by atoms with Crippen LogP contribution in [0, 0.1) is 5.92 Å². The molecule has 0 amide bonds. The Morgan fingerprint density at radius 2 is 1.90 bits per heavy atom. The summed E-state index contributed by atoms with van der Waals surface area (Å²) in [5, 5.41) is 0. The maximum absolute atomic E-state index is 5.97. The highest BCUT2D eigenvalue weighted by Gasteiger charge is 2.29. The van der Waals surface area contributed by atoms with Gasteiger partial charge in [-0.05, 0) is 57.7 Å². The lowest BCUT2D eigenvalue weighted by atomic mass is 9.83. The van der Waals surface area contributed by atoms with Gasteiger partial charge in [0.2, 0.25) is 0 Å². The summed E-state index contributed by atoms with van der Waals surface area (Å²) in [6, 6.07) is 12.1. The van der Waals surface area contributed by atoms with Gasteiger partial charge in [-0.3, -0.25) is 0 Å². The lowest BCUT2D eigenvalue weighted by Crippen LogP contribution is -2.47. The topological polar surface area (TPSA) is 29.3 Å². The highest BCUT2D eigenvalue weighted by atomic mass is 15.2. The number of aryl methyl sites for hydroxylation is 1. The Hall–Kier alpha value is -0.860. The van der Waals surface area contributed by atoms with E-state index in [9.17, 15) is 0 Å². The Morgan fingerprint density at radius 1 is 1.20 bits per heavy atom. The average Bonchev–Trinajstić information content (AvgIpc) is 2.52. The summed E-state index contributed by atoms with van der Waals surface area (Å²) in [6.07, 6.45) is 7.78. The average molecular weight is 274 g/mol. The highest BCUT2D eigenvalue weighted by molar-refractivity contribution is 5.14. The standard InChI is InChI=1S/C18H30N2/c1-15(12-13-16-8-4-3-5-9-16)20(2)18-11-7-6-10-17(18)14-19/h3-5,8-9,15,17-18H,6-7,10-14,19H2,1-2H3. The molecular weight excluding hydrogens is 244 g/mol. The van der Waals surface area contributed by atoms with E-state index in [0.717, 1.165) is 6.54 Å². The number of rotatable bonds is 6. The summed E-state index contributed by atoms with van der Waals surface area (Å²) in [5.74, 6) is 0.702. The molecule has 0 aromatic heterocycles. The van der Waals surface area contributed by atoms with E-state index in [1.165, 1.54) is 44.1 Å². The van der Waals surface area contributed by atoms with Crippen LogP contribution in [0.2, 0.25) is 0 Å². The van der Waals surface area contributed by atoms with Crippen molar-refractivity contribution in [1.29, 1.82) is 0 Å². The molecule has 3 atom stereocenters. The Morgan fingerprint density at radius 3 is 2.60 bits per heavy atom. The number of benzene rings is 1. The van der Waals surface area contributed by atoms with Gasteiger partial charge >= 0.3 is 0 Å². The second-order valence-corrected chi connectivity index (χ2v) is 6.39. The Kier molecular flexibility index (Phi) is 6.06. The third kappa shape index (κ3) is 4.07. The molecule has 0 heterocycles. The smallest absolute Gasteiger partial charge is 0.0135 e. The van der Waals surface area contributed by atoms with Gasteiger partial charge in [0.25, 0.3) is 0 Å². The fourth-order valence-corrected chi connectivity index (χ4v) is 3.55. The lowest BCUT2D eigenvalue weighted by molar-refractivity contribution is 0.0952. The van der Waals surface area contributed by atoms with Crippen LogP contribution in [0.4, 0.5) is 0 Å². The molecular formula is C18H30N2. The van der Waals surface area contributed by atoms with E-state index >= 15 is 0 Å². The zero-order chi connectivity index (χ0) is 14.4. The fourth-order valence-electron chi connectivity index (χ4n) is 3.55. The van der Waals surface area contributed by atoms with E-state index in [-0.39, 0.29) is 0 Å². The van der Waals surface area contributed by atoms with E-state index < -0.39 is 0 Å². The zero-order valence-corrected chi connectivity index (χ0v) is 13.1. The molecule has 1 aliphatic carbocycles. The molecule has 2 N–H and O–H groups in total. The first-order chi connectivity index (χ1) is 9.72. The molecule has 0 radical (unpaired) electrons. The van der Waals surface area contributed by atoms with Crippen LogP contribution >= 0.6 is 0 Å². The van der Waals surface area contributed by atoms with Crippen molar-refractivity contribution in [3.8, 4) is 0 Å². The molecule has 1 aliphatic rings. The Bertz CT molecular complexity index is 376. The predicted octanol–water partition coefficient (Wildman–Crippen LogP) is 3.46. The van der Waals surface area contributed by atoms with Crippen LogP contribution in [0.15, 0.2) is 30.3 Å². The van der Waals surface area contributed by atoms with Crippen LogP contribution < -0.4 is 5.73 Å². The summed E-state index contributed by atoms with van der Waals surface area (Å²) in [7, 11) is 2.30. The summed E-state index contributed by atoms with van der Waals surface area (Å²) < 4.78 is 0. The summed E-state index contributed by atoms with van der Waals surface area (Å²) in [4.78, 5) is 2.60. The van der Waals surface area contributed by atoms with Crippen LogP contribution in [0.1, 0.15) is 44.6 Å². The third-order valence-electron chi connectivity index (χ3n) is 5.08. The van der Waals surface area contributed by atoms with Crippen LogP contribution in [0.25, 0.3) is 0 Å². The molecule has 0 bridgehead atoms. The third-order valence-corrected chi connectivity index (χ3v) is 5.08. The van der Waals surface area contributed by atoms with Gasteiger partial charge in [0.05, 0.1) is 0 Å². The molecule has 20 heavy (non-hydrogen) atoms. The van der Waals surface area contributed by atoms with Crippen molar-refractivity contribution < 1.29 is 0 Å². The maximum atomic E-state index is 5.97. The van der Waals surface area contributed by atoms with E-state index in [1.54, 1.807) is 0 Å². The van der Waals surface area contributed by atoms with Crippen molar-refractivity contribution in [1.82, 2.24) is 4.90 Å². The van der Waals surface area contributed by atoms with E-state index in [4.69, 9.17) is 5.73 Å². The monoisotopic (exact) mass is 274 g/mol. The van der Waals surface area contributed by atoms with Crippen molar-refractivity contribution in [2.45, 2.75) is 57.5 Å². The number of hydrogen-bond donors (Lipinski definition) is 1. The molecule has 1 saturated carbocycles. The second-order valence-electron chi connectivity index (χ2n) is 6.39. The predicted molar refractivity (Wildman–Crippen MR) is 86.8 cm³/mol. The summed E-state index contributed by atoms with van der Waals surface area (Å²) >= 11 is 0. The quantitative estimate of drug-likeness (QED) is 0.861. The van der Waals surface area contributed by atoms with Crippen molar-refractivity contribution in [3.63, 3.8) is 0 Å². The maximum Gasteiger partial charge on any atom is 0.0135 e. The van der Waals surface area contributed by atoms with Gasteiger partial charge in [0.1, 0.15) is 0 Å². The Balaban J connectivity index is 1.86. The highest BCUT2D eigenvalue weighted by Crippen LogP contribution is 2.28. The minimum absolute atomic E-state index is 0.632. The lowest BCUT2D eigenvalue weighted by Gasteiger charge is -2.40. The second kappa shape index (κ2) is 7.80. The van der Waals surface area contributed by atoms with Gasteiger partial charge in [0.15, 0.2) is 0 Å². The van der Waals surface area contributed by atoms with Crippen LogP contribution in [0.5, 0.6) is 0 Å². The van der Waals surface area contributed by atoms with Crippen LogP contribution in [0.3, 0.4) is 0 Å². The van der Waals surface area contributed by atoms with Gasteiger partial charge in [-0.2, -0.15) is 0 Å². The largest absolute Gasteiger partial charge is 0.330 e. The molecule has 2 heteroatoms. The molecule has 0 aliphatic heterocycles. The van der Waals surface area contributed by atoms with E-state index in [1.807, 2.05) is 0 Å². The van der Waals surface area contributed by atoms with Gasteiger partial charge < -0.3 is 10.6 Å². The number of nitrogens with zero attached hydrogens (tertiary/aromatic N) is 1. The van der Waals surface area contributed by atoms with E-state index in [2.05, 4.69) is 49.2 Å². The minimum atomic E-state index is 0.632. The SMILES string of the molecule is CC(CCc1ccccc1)N(C)C1CCCCC1CN. The van der Waals surface area contributed by atoms with Crippen LogP contribution in [-0.2, 0) is 6.42 Å². The molecule has 3 unspecified atom stereocenters. The van der Waals surface area contributed by atoms with Crippen molar-refractivity contribution in [3.05, 3.63) is 35.9 Å². The minimum Gasteiger partial charge on any atom is -0.330 e. The van der Waals surface area contributed by atoms with Crippen molar-refractivity contribution >= 4 is 0 Å². The van der Waals surface area contributed by atoms with Gasteiger partial charge in [0, 0.05) is 12.1 Å². The normalized spacial score (nSPS) is 24.8. The molecule has 0 saturated heterocycles. The Labute approximate surface area is 124 Å². The zero-order valence-electron chi connectivity index (χ0n) is 13.1. The first-order valence-electron chi connectivity index (χ1n) is 8.18. The summed E-state index contributed by atoms with van der Waals surface area (Å²) in [6.45, 7) is 3.21. The molecule has 0 spiro atoms. The first-order valence-corrected chi connectivity index (χ1v) is 8.18. The molecule has 1 fully saturated rings. The van der Waals surface area contributed by atoms with Crippen LogP contribution in [-0.4, -0.2) is 30.6 Å². The molecule has 2 nitrogen and oxygen atoms in total. The molecule has 2 rings (SSSR count). The first kappa shape index (κ1) is 15.5. The number of nitrogens with two attached hydrogens (primary N) is 1. The summed E-state index contributed by atoms with van der Waals surface area (Å²) in [5.41, 5.74) is 7.42. The van der Waals surface area contributed by atoms with Gasteiger partial charge in [-0.25, -0.2) is 0 Å². The molecule has 112 valence electrons. The van der Waals surface area contributed by atoms with Crippen molar-refractivity contribution in [2.75, 3.05) is 13.6 Å².